The third-order valence-corrected chi connectivity index (χ3v) is 5.46. The molecule has 0 bridgehead atoms. The Hall–Kier alpha value is -4.21. The van der Waals surface area contributed by atoms with E-state index in [1.807, 2.05) is 0 Å². The summed E-state index contributed by atoms with van der Waals surface area (Å²) in [6.45, 7) is 0.731. The summed E-state index contributed by atoms with van der Waals surface area (Å²) in [6.07, 6.45) is -3.16. The lowest BCUT2D eigenvalue weighted by molar-refractivity contribution is -0.137. The van der Waals surface area contributed by atoms with Crippen LogP contribution in [-0.2, 0) is 17.5 Å². The van der Waals surface area contributed by atoms with Crippen LogP contribution in [-0.4, -0.2) is 34.3 Å². The number of nitroso groups, excluding NO2 is 1. The van der Waals surface area contributed by atoms with Gasteiger partial charge in [0.05, 0.1) is 29.3 Å². The minimum absolute atomic E-state index is 0.0112. The van der Waals surface area contributed by atoms with E-state index in [1.165, 1.54) is 30.6 Å². The van der Waals surface area contributed by atoms with Crippen molar-refractivity contribution in [3.05, 3.63) is 76.0 Å². The summed E-state index contributed by atoms with van der Waals surface area (Å²) < 4.78 is 51.6. The minimum atomic E-state index is -4.50. The van der Waals surface area contributed by atoms with Gasteiger partial charge in [-0.3, -0.25) is 0 Å². The highest BCUT2D eigenvalue weighted by Crippen LogP contribution is 2.36. The van der Waals surface area contributed by atoms with E-state index in [0.717, 1.165) is 12.1 Å². The predicted octanol–water partition coefficient (Wildman–Crippen LogP) is 6.29. The molecule has 0 atom stereocenters. The molecule has 0 saturated heterocycles. The maximum atomic E-state index is 13.0. The van der Waals surface area contributed by atoms with Crippen LogP contribution in [0.4, 0.5) is 24.7 Å². The van der Waals surface area contributed by atoms with E-state index in [9.17, 15) is 23.3 Å². The van der Waals surface area contributed by atoms with Gasteiger partial charge >= 0.3 is 6.18 Å². The van der Waals surface area contributed by atoms with Gasteiger partial charge in [0.1, 0.15) is 41.7 Å². The number of halogens is 4. The summed E-state index contributed by atoms with van der Waals surface area (Å²) in [6, 6.07) is 12.9. The fourth-order valence-electron chi connectivity index (χ4n) is 3.53. The summed E-state index contributed by atoms with van der Waals surface area (Å²) in [5, 5.41) is 15.6. The van der Waals surface area contributed by atoms with Crippen LogP contribution in [0.25, 0.3) is 11.0 Å². The fraction of sp³-hybridized carbons (Fsp3) is 0.208. The van der Waals surface area contributed by atoms with E-state index in [1.54, 1.807) is 16.7 Å². The number of hydrogen-bond acceptors (Lipinski definition) is 8. The predicted molar refractivity (Wildman–Crippen MR) is 130 cm³/mol. The van der Waals surface area contributed by atoms with E-state index in [2.05, 4.69) is 26.5 Å². The van der Waals surface area contributed by atoms with Crippen molar-refractivity contribution in [2.45, 2.75) is 12.7 Å². The number of rotatable bonds is 10. The standard InChI is InChI=1S/C24H18ClF3N6O3/c25-19-11-16(4-5-21(19)37-18-3-1-2-15(10-18)24(26,27)28)33-23-22-20(30-14-31-23)12-17(13-29)34(22)7-9-36-8-6-32-35/h1-5,10-12,14H,6-9H2,(H,30,31,33). The lowest BCUT2D eigenvalue weighted by Crippen LogP contribution is -2.10. The molecule has 0 amide bonds. The number of aromatic nitrogens is 3. The van der Waals surface area contributed by atoms with Crippen molar-refractivity contribution in [1.82, 2.24) is 14.5 Å². The normalized spacial score (nSPS) is 11.3. The highest BCUT2D eigenvalue weighted by atomic mass is 35.5. The summed E-state index contributed by atoms with van der Waals surface area (Å²) in [4.78, 5) is 18.7. The molecular formula is C24H18ClF3N6O3. The second-order valence-corrected chi connectivity index (χ2v) is 8.02. The number of alkyl halides is 3. The lowest BCUT2D eigenvalue weighted by Gasteiger charge is -2.13. The van der Waals surface area contributed by atoms with Crippen LogP contribution in [0.1, 0.15) is 11.3 Å². The molecule has 0 aliphatic carbocycles. The van der Waals surface area contributed by atoms with Crippen molar-refractivity contribution < 1.29 is 22.6 Å². The molecule has 13 heteroatoms. The molecular weight excluding hydrogens is 513 g/mol. The first kappa shape index (κ1) is 25.9. The Morgan fingerprint density at radius 3 is 2.70 bits per heavy atom. The minimum Gasteiger partial charge on any atom is -0.456 e. The molecule has 2 aromatic heterocycles. The zero-order chi connectivity index (χ0) is 26.4. The number of ether oxygens (including phenoxy) is 2. The van der Waals surface area contributed by atoms with E-state index in [0.29, 0.717) is 34.8 Å². The van der Waals surface area contributed by atoms with Gasteiger partial charge in [0, 0.05) is 18.3 Å². The molecule has 190 valence electrons. The van der Waals surface area contributed by atoms with Crippen LogP contribution in [0.15, 0.2) is 60.0 Å². The Morgan fingerprint density at radius 1 is 1.14 bits per heavy atom. The summed E-state index contributed by atoms with van der Waals surface area (Å²) in [7, 11) is 0. The maximum Gasteiger partial charge on any atom is 0.416 e. The van der Waals surface area contributed by atoms with Crippen molar-refractivity contribution in [2.24, 2.45) is 5.18 Å². The molecule has 0 unspecified atom stereocenters. The summed E-state index contributed by atoms with van der Waals surface area (Å²) >= 11 is 6.35. The molecule has 9 nitrogen and oxygen atoms in total. The molecule has 4 rings (SSSR count). The van der Waals surface area contributed by atoms with E-state index in [-0.39, 0.29) is 36.3 Å². The fourth-order valence-corrected chi connectivity index (χ4v) is 3.75. The number of benzene rings is 2. The van der Waals surface area contributed by atoms with Crippen molar-refractivity contribution >= 4 is 34.1 Å². The van der Waals surface area contributed by atoms with Crippen LogP contribution >= 0.6 is 11.6 Å². The molecule has 1 N–H and O–H groups in total. The Morgan fingerprint density at radius 2 is 1.97 bits per heavy atom. The second kappa shape index (κ2) is 11.2. The van der Waals surface area contributed by atoms with Gasteiger partial charge in [0.15, 0.2) is 5.82 Å². The van der Waals surface area contributed by atoms with Crippen LogP contribution < -0.4 is 10.1 Å². The molecule has 0 fully saturated rings. The first-order valence-corrected chi connectivity index (χ1v) is 11.2. The third kappa shape index (κ3) is 6.14. The molecule has 4 aromatic rings. The monoisotopic (exact) mass is 530 g/mol. The van der Waals surface area contributed by atoms with Crippen LogP contribution in [0.2, 0.25) is 5.02 Å². The number of nitriles is 1. The smallest absolute Gasteiger partial charge is 0.416 e. The maximum absolute atomic E-state index is 13.0. The Labute approximate surface area is 213 Å². The molecule has 0 aliphatic heterocycles. The van der Waals surface area contributed by atoms with Gasteiger partial charge in [0.2, 0.25) is 0 Å². The summed E-state index contributed by atoms with van der Waals surface area (Å²) in [5.41, 5.74) is 1.10. The van der Waals surface area contributed by atoms with E-state index in [4.69, 9.17) is 21.1 Å². The first-order chi connectivity index (χ1) is 17.8. The van der Waals surface area contributed by atoms with Crippen LogP contribution in [0.5, 0.6) is 11.5 Å². The van der Waals surface area contributed by atoms with Gasteiger partial charge in [0.25, 0.3) is 0 Å². The number of anilines is 2. The molecule has 2 aromatic carbocycles. The van der Waals surface area contributed by atoms with Crippen molar-refractivity contribution in [1.29, 1.82) is 5.26 Å². The van der Waals surface area contributed by atoms with Crippen LogP contribution in [0, 0.1) is 16.2 Å². The van der Waals surface area contributed by atoms with Gasteiger partial charge in [-0.25, -0.2) is 9.97 Å². The van der Waals surface area contributed by atoms with Crippen molar-refractivity contribution in [3.8, 4) is 17.6 Å². The second-order valence-electron chi connectivity index (χ2n) is 7.61. The molecule has 0 radical (unpaired) electrons. The lowest BCUT2D eigenvalue weighted by atomic mass is 10.2. The first-order valence-electron chi connectivity index (χ1n) is 10.8. The highest BCUT2D eigenvalue weighted by molar-refractivity contribution is 6.32. The molecule has 0 saturated carbocycles. The van der Waals surface area contributed by atoms with Gasteiger partial charge in [-0.05, 0) is 36.4 Å². The van der Waals surface area contributed by atoms with Gasteiger partial charge in [-0.15, -0.1) is 0 Å². The number of nitrogens with one attached hydrogen (secondary N) is 1. The van der Waals surface area contributed by atoms with Gasteiger partial charge in [-0.1, -0.05) is 22.8 Å². The van der Waals surface area contributed by atoms with Gasteiger partial charge < -0.3 is 19.4 Å². The summed E-state index contributed by atoms with van der Waals surface area (Å²) in [5.74, 6) is 0.545. The molecule has 2 heterocycles. The SMILES string of the molecule is N#Cc1cc2ncnc(Nc3ccc(Oc4cccc(C(F)(F)F)c4)c(Cl)c3)c2n1CCOCCN=O. The van der Waals surface area contributed by atoms with Gasteiger partial charge in [-0.2, -0.15) is 23.3 Å². The average Bonchev–Trinajstić information content (AvgIpc) is 3.24. The Kier molecular flexibility index (Phi) is 7.86. The van der Waals surface area contributed by atoms with Crippen molar-refractivity contribution in [2.75, 3.05) is 25.1 Å². The number of hydrogen-bond donors (Lipinski definition) is 1. The topological polar surface area (TPSA) is 114 Å². The Bertz CT molecular complexity index is 1470. The average molecular weight is 531 g/mol. The number of nitrogens with zero attached hydrogens (tertiary/aromatic N) is 5. The highest BCUT2D eigenvalue weighted by Gasteiger charge is 2.30. The zero-order valence-electron chi connectivity index (χ0n) is 19.0. The zero-order valence-corrected chi connectivity index (χ0v) is 19.8. The molecule has 0 aliphatic rings. The Balaban J connectivity index is 1.56. The molecule has 37 heavy (non-hydrogen) atoms. The molecule has 0 spiro atoms. The quantitative estimate of drug-likeness (QED) is 0.189. The van der Waals surface area contributed by atoms with E-state index < -0.39 is 11.7 Å². The van der Waals surface area contributed by atoms with Crippen LogP contribution in [0.3, 0.4) is 0 Å². The largest absolute Gasteiger partial charge is 0.456 e. The van der Waals surface area contributed by atoms with Crippen molar-refractivity contribution in [3.63, 3.8) is 0 Å². The third-order valence-electron chi connectivity index (χ3n) is 5.17. The number of fused-ring (bicyclic) bond motifs is 1. The van der Waals surface area contributed by atoms with E-state index >= 15 is 0 Å².